The lowest BCUT2D eigenvalue weighted by Crippen LogP contribution is -2.19. The Morgan fingerprint density at radius 3 is 2.62 bits per heavy atom. The number of halogens is 1. The zero-order valence-corrected chi connectivity index (χ0v) is 12.2. The van der Waals surface area contributed by atoms with E-state index in [9.17, 15) is 9.65 Å². The Balaban J connectivity index is 2.00. The molecule has 0 radical (unpaired) electrons. The fourth-order valence-corrected chi connectivity index (χ4v) is 2.83. The number of nitriles is 1. The highest BCUT2D eigenvalue weighted by Gasteiger charge is 2.30. The van der Waals surface area contributed by atoms with Gasteiger partial charge in [0.2, 0.25) is 0 Å². The Hall–Kier alpha value is -2.34. The Bertz CT molecular complexity index is 724. The minimum Gasteiger partial charge on any atom is -0.384 e. The quantitative estimate of drug-likeness (QED) is 0.902. The molecule has 0 aliphatic carbocycles. The van der Waals surface area contributed by atoms with E-state index >= 15 is 0 Å². The number of rotatable bonds is 2. The number of nitrogens with one attached hydrogen (secondary N) is 1. The minimum absolute atomic E-state index is 0.0509. The van der Waals surface area contributed by atoms with Crippen molar-refractivity contribution in [2.24, 2.45) is 0 Å². The van der Waals surface area contributed by atoms with Gasteiger partial charge in [0.05, 0.1) is 11.6 Å². The van der Waals surface area contributed by atoms with Crippen molar-refractivity contribution in [1.29, 1.82) is 5.26 Å². The van der Waals surface area contributed by atoms with Gasteiger partial charge in [0.15, 0.2) is 0 Å². The number of hydrogen-bond donors (Lipinski definition) is 1. The summed E-state index contributed by atoms with van der Waals surface area (Å²) in [6.07, 6.45) is 0.637. The highest BCUT2D eigenvalue weighted by molar-refractivity contribution is 5.65. The molecule has 0 saturated heterocycles. The average molecular weight is 280 g/mol. The van der Waals surface area contributed by atoms with Gasteiger partial charge in [0, 0.05) is 17.6 Å². The summed E-state index contributed by atoms with van der Waals surface area (Å²) >= 11 is 0. The number of nitrogens with zero attached hydrogens (tertiary/aromatic N) is 1. The topological polar surface area (TPSA) is 35.8 Å². The van der Waals surface area contributed by atoms with Crippen molar-refractivity contribution in [3.63, 3.8) is 0 Å². The van der Waals surface area contributed by atoms with Crippen molar-refractivity contribution in [3.8, 4) is 6.07 Å². The monoisotopic (exact) mass is 280 g/mol. The smallest absolute Gasteiger partial charge is 0.123 e. The van der Waals surface area contributed by atoms with Gasteiger partial charge in [-0.1, -0.05) is 26.0 Å². The number of benzene rings is 2. The molecule has 1 aliphatic rings. The maximum Gasteiger partial charge on any atom is 0.123 e. The molecule has 0 spiro atoms. The van der Waals surface area contributed by atoms with Gasteiger partial charge >= 0.3 is 0 Å². The van der Waals surface area contributed by atoms with E-state index in [-0.39, 0.29) is 11.2 Å². The average Bonchev–Trinajstić information content (AvgIpc) is 2.76. The van der Waals surface area contributed by atoms with Crippen LogP contribution in [0.15, 0.2) is 36.4 Å². The summed E-state index contributed by atoms with van der Waals surface area (Å²) in [6, 6.07) is 12.8. The molecule has 106 valence electrons. The van der Waals surface area contributed by atoms with Crippen LogP contribution in [0.5, 0.6) is 0 Å². The lowest BCUT2D eigenvalue weighted by atomic mass is 9.84. The van der Waals surface area contributed by atoms with Crippen molar-refractivity contribution in [1.82, 2.24) is 0 Å². The third kappa shape index (κ3) is 2.50. The molecule has 0 saturated carbocycles. The van der Waals surface area contributed by atoms with Crippen LogP contribution < -0.4 is 5.32 Å². The van der Waals surface area contributed by atoms with Crippen LogP contribution in [0.3, 0.4) is 0 Å². The number of fused-ring (bicyclic) bond motifs is 1. The summed E-state index contributed by atoms with van der Waals surface area (Å²) in [6.45, 7) is 5.23. The third-order valence-electron chi connectivity index (χ3n) is 4.12. The highest BCUT2D eigenvalue weighted by atomic mass is 19.1. The largest absolute Gasteiger partial charge is 0.384 e. The van der Waals surface area contributed by atoms with Crippen molar-refractivity contribution in [2.45, 2.75) is 25.7 Å². The first-order valence-corrected chi connectivity index (χ1v) is 7.05. The van der Waals surface area contributed by atoms with Crippen LogP contribution in [0.1, 0.15) is 36.1 Å². The second kappa shape index (κ2) is 4.89. The lowest BCUT2D eigenvalue weighted by molar-refractivity contribution is 0.586. The molecule has 2 aromatic rings. The van der Waals surface area contributed by atoms with E-state index < -0.39 is 0 Å². The van der Waals surface area contributed by atoms with Crippen LogP contribution in [0.2, 0.25) is 0 Å². The zero-order valence-electron chi connectivity index (χ0n) is 12.2. The molecule has 2 nitrogen and oxygen atoms in total. The van der Waals surface area contributed by atoms with Crippen LogP contribution in [0, 0.1) is 17.1 Å². The predicted molar refractivity (Wildman–Crippen MR) is 81.9 cm³/mol. The number of hydrogen-bond acceptors (Lipinski definition) is 2. The molecule has 1 N–H and O–H groups in total. The molecular weight excluding hydrogens is 263 g/mol. The van der Waals surface area contributed by atoms with Crippen molar-refractivity contribution in [3.05, 3.63) is 64.5 Å². The van der Waals surface area contributed by atoms with Gasteiger partial charge in [-0.3, -0.25) is 0 Å². The van der Waals surface area contributed by atoms with Crippen LogP contribution in [0.4, 0.5) is 10.1 Å². The van der Waals surface area contributed by atoms with Crippen molar-refractivity contribution >= 4 is 5.69 Å². The molecule has 2 aromatic carbocycles. The Morgan fingerprint density at radius 1 is 1.24 bits per heavy atom. The van der Waals surface area contributed by atoms with Crippen LogP contribution >= 0.6 is 0 Å². The molecule has 3 rings (SSSR count). The summed E-state index contributed by atoms with van der Waals surface area (Å²) < 4.78 is 13.0. The lowest BCUT2D eigenvalue weighted by Gasteiger charge is -2.17. The fourth-order valence-electron chi connectivity index (χ4n) is 2.83. The molecule has 3 heteroatoms. The summed E-state index contributed by atoms with van der Waals surface area (Å²) in [5.74, 6) is -0.239. The summed E-state index contributed by atoms with van der Waals surface area (Å²) in [7, 11) is 0. The van der Waals surface area contributed by atoms with Gasteiger partial charge < -0.3 is 5.32 Å². The van der Waals surface area contributed by atoms with E-state index in [1.165, 1.54) is 17.7 Å². The van der Waals surface area contributed by atoms with E-state index in [4.69, 9.17) is 0 Å². The molecule has 0 unspecified atom stereocenters. The molecule has 0 atom stereocenters. The van der Waals surface area contributed by atoms with Gasteiger partial charge in [-0.25, -0.2) is 4.39 Å². The van der Waals surface area contributed by atoms with Gasteiger partial charge in [-0.15, -0.1) is 0 Å². The maximum atomic E-state index is 13.0. The summed E-state index contributed by atoms with van der Waals surface area (Å²) in [4.78, 5) is 0. The van der Waals surface area contributed by atoms with E-state index in [1.54, 1.807) is 12.1 Å². The van der Waals surface area contributed by atoms with Crippen LogP contribution in [-0.4, -0.2) is 6.54 Å². The molecule has 0 bridgehead atoms. The van der Waals surface area contributed by atoms with E-state index in [1.807, 2.05) is 6.07 Å². The Kier molecular flexibility index (Phi) is 3.17. The minimum atomic E-state index is -0.239. The normalized spacial score (nSPS) is 15.1. The van der Waals surface area contributed by atoms with Crippen molar-refractivity contribution < 1.29 is 4.39 Å². The fraction of sp³-hybridized carbons (Fsp3) is 0.278. The Labute approximate surface area is 124 Å². The zero-order chi connectivity index (χ0) is 15.0. The van der Waals surface area contributed by atoms with E-state index in [0.717, 1.165) is 23.4 Å². The number of anilines is 1. The molecule has 1 heterocycles. The molecule has 21 heavy (non-hydrogen) atoms. The van der Waals surface area contributed by atoms with E-state index in [2.05, 4.69) is 31.3 Å². The van der Waals surface area contributed by atoms with E-state index in [0.29, 0.717) is 12.0 Å². The maximum absolute atomic E-state index is 13.0. The van der Waals surface area contributed by atoms with Gasteiger partial charge in [-0.05, 0) is 47.4 Å². The molecule has 1 aliphatic heterocycles. The predicted octanol–water partition coefficient (Wildman–Crippen LogP) is 3.99. The summed E-state index contributed by atoms with van der Waals surface area (Å²) in [5, 5.41) is 12.8. The molecule has 0 amide bonds. The highest BCUT2D eigenvalue weighted by Crippen LogP contribution is 2.38. The summed E-state index contributed by atoms with van der Waals surface area (Å²) in [5.41, 5.74) is 5.04. The van der Waals surface area contributed by atoms with Crippen LogP contribution in [-0.2, 0) is 11.8 Å². The second-order valence-corrected chi connectivity index (χ2v) is 6.21. The molecular formula is C18H17FN2. The standard InChI is InChI=1S/C18H17FN2/c1-18(2)11-21-17-9-13(14(10-20)8-16(17)18)7-12-3-5-15(19)6-4-12/h3-6,8-9,21H,7,11H2,1-2H3. The van der Waals surface area contributed by atoms with Gasteiger partial charge in [0.1, 0.15) is 5.82 Å². The first kappa shape index (κ1) is 13.6. The van der Waals surface area contributed by atoms with Gasteiger partial charge in [-0.2, -0.15) is 5.26 Å². The molecule has 0 fully saturated rings. The first-order chi connectivity index (χ1) is 9.99. The van der Waals surface area contributed by atoms with Crippen LogP contribution in [0.25, 0.3) is 0 Å². The molecule has 0 aromatic heterocycles. The third-order valence-corrected chi connectivity index (χ3v) is 4.12. The SMILES string of the molecule is CC1(C)CNc2cc(Cc3ccc(F)cc3)c(C#N)cc21. The van der Waals surface area contributed by atoms with Crippen molar-refractivity contribution in [2.75, 3.05) is 11.9 Å². The Morgan fingerprint density at radius 2 is 1.95 bits per heavy atom. The first-order valence-electron chi connectivity index (χ1n) is 7.05. The van der Waals surface area contributed by atoms with Gasteiger partial charge in [0.25, 0.3) is 0 Å². The second-order valence-electron chi connectivity index (χ2n) is 6.21.